The summed E-state index contributed by atoms with van der Waals surface area (Å²) in [6.45, 7) is 0. The molecular weight excluding hydrogens is 182 g/mol. The Balaban J connectivity index is 2.60. The molecule has 0 saturated carbocycles. The van der Waals surface area contributed by atoms with Crippen LogP contribution in [0.5, 0.6) is 0 Å². The summed E-state index contributed by atoms with van der Waals surface area (Å²) in [7, 11) is 1.86. The van der Waals surface area contributed by atoms with Crippen LogP contribution >= 0.6 is 0 Å². The van der Waals surface area contributed by atoms with Gasteiger partial charge in [-0.1, -0.05) is 0 Å². The van der Waals surface area contributed by atoms with Crippen LogP contribution < -0.4 is 11.3 Å². The van der Waals surface area contributed by atoms with Crippen LogP contribution in [0.1, 0.15) is 0 Å². The fourth-order valence-corrected chi connectivity index (χ4v) is 1.13. The number of nitrogens with two attached hydrogens (primary N) is 1. The Morgan fingerprint density at radius 1 is 1.50 bits per heavy atom. The Kier molecular flexibility index (Phi) is 2.07. The largest absolute Gasteiger partial charge is 0.318 e. The third kappa shape index (κ3) is 1.29. The highest BCUT2D eigenvalue weighted by atomic mass is 15.2. The summed E-state index contributed by atoms with van der Waals surface area (Å²) in [5.74, 6) is 5.55. The molecule has 72 valence electrons. The van der Waals surface area contributed by atoms with Crippen molar-refractivity contribution in [3.8, 4) is 0 Å². The van der Waals surface area contributed by atoms with Crippen molar-refractivity contribution in [3.63, 3.8) is 0 Å². The van der Waals surface area contributed by atoms with Crippen LogP contribution in [0.3, 0.4) is 0 Å². The van der Waals surface area contributed by atoms with Gasteiger partial charge < -0.3 is 9.99 Å². The number of hydrazine groups is 1. The smallest absolute Gasteiger partial charge is 0.185 e. The molecule has 7 nitrogen and oxygen atoms in total. The molecule has 0 fully saturated rings. The van der Waals surface area contributed by atoms with Crippen LogP contribution in [0, 0.1) is 0 Å². The molecule has 0 saturated heterocycles. The molecule has 0 unspecified atom stereocenters. The Hall–Kier alpha value is -2.02. The first-order valence-corrected chi connectivity index (χ1v) is 3.93. The summed E-state index contributed by atoms with van der Waals surface area (Å²) in [4.78, 5) is 16.2. The van der Waals surface area contributed by atoms with Crippen LogP contribution in [0.15, 0.2) is 17.6 Å². The van der Waals surface area contributed by atoms with Crippen LogP contribution in [0.2, 0.25) is 0 Å². The molecule has 0 bridgehead atoms. The molecule has 2 aromatic heterocycles. The molecule has 0 radical (unpaired) electrons. The van der Waals surface area contributed by atoms with E-state index in [0.29, 0.717) is 11.3 Å². The molecule has 0 aliphatic rings. The molecular formula is C7H9N7. The van der Waals surface area contributed by atoms with Crippen molar-refractivity contribution in [2.24, 2.45) is 17.9 Å². The zero-order valence-electron chi connectivity index (χ0n) is 7.55. The molecule has 2 aromatic rings. The van der Waals surface area contributed by atoms with Crippen molar-refractivity contribution in [3.05, 3.63) is 12.7 Å². The number of aliphatic imine (C=N–C) groups is 1. The minimum Gasteiger partial charge on any atom is -0.318 e. The molecule has 0 aliphatic carbocycles. The van der Waals surface area contributed by atoms with Crippen molar-refractivity contribution in [2.45, 2.75) is 0 Å². The van der Waals surface area contributed by atoms with Gasteiger partial charge in [-0.25, -0.2) is 25.8 Å². The maximum Gasteiger partial charge on any atom is 0.185 e. The van der Waals surface area contributed by atoms with E-state index in [1.54, 1.807) is 10.9 Å². The van der Waals surface area contributed by atoms with E-state index in [1.165, 1.54) is 12.7 Å². The van der Waals surface area contributed by atoms with Gasteiger partial charge in [0.05, 0.1) is 6.33 Å². The van der Waals surface area contributed by atoms with Gasteiger partial charge in [0, 0.05) is 7.05 Å². The van der Waals surface area contributed by atoms with E-state index in [2.05, 4.69) is 25.4 Å². The van der Waals surface area contributed by atoms with Gasteiger partial charge in [-0.05, 0) is 0 Å². The fourth-order valence-electron chi connectivity index (χ4n) is 1.13. The summed E-state index contributed by atoms with van der Waals surface area (Å²) in [5.41, 5.74) is 3.70. The number of hydrogen-bond donors (Lipinski definition) is 2. The second-order valence-corrected chi connectivity index (χ2v) is 2.65. The van der Waals surface area contributed by atoms with Gasteiger partial charge in [-0.15, -0.1) is 0 Å². The highest BCUT2D eigenvalue weighted by molar-refractivity contribution is 5.82. The quantitative estimate of drug-likeness (QED) is 0.288. The molecule has 0 spiro atoms. The summed E-state index contributed by atoms with van der Waals surface area (Å²) < 4.78 is 1.80. The maximum absolute atomic E-state index is 5.06. The molecule has 0 aliphatic heterocycles. The number of imidazole rings is 1. The first-order chi connectivity index (χ1) is 6.83. The second kappa shape index (κ2) is 3.38. The van der Waals surface area contributed by atoms with Gasteiger partial charge in [0.15, 0.2) is 17.0 Å². The number of nitrogens with one attached hydrogen (secondary N) is 1. The van der Waals surface area contributed by atoms with Crippen molar-refractivity contribution < 1.29 is 0 Å². The number of nitrogens with zero attached hydrogens (tertiary/aromatic N) is 5. The van der Waals surface area contributed by atoms with Gasteiger partial charge in [-0.2, -0.15) is 0 Å². The predicted molar refractivity (Wildman–Crippen MR) is 51.8 cm³/mol. The first-order valence-electron chi connectivity index (χ1n) is 3.93. The Morgan fingerprint density at radius 2 is 2.36 bits per heavy atom. The van der Waals surface area contributed by atoms with Crippen LogP contribution in [0.25, 0.3) is 11.2 Å². The monoisotopic (exact) mass is 191 g/mol. The summed E-state index contributed by atoms with van der Waals surface area (Å²) >= 11 is 0. The number of aryl methyl sites for hydroxylation is 1. The van der Waals surface area contributed by atoms with Gasteiger partial charge >= 0.3 is 0 Å². The van der Waals surface area contributed by atoms with Crippen molar-refractivity contribution in [1.29, 1.82) is 0 Å². The molecule has 2 rings (SSSR count). The lowest BCUT2D eigenvalue weighted by Gasteiger charge is -1.94. The molecule has 0 atom stereocenters. The van der Waals surface area contributed by atoms with Gasteiger partial charge in [0.1, 0.15) is 12.7 Å². The summed E-state index contributed by atoms with van der Waals surface area (Å²) in [6, 6.07) is 0. The van der Waals surface area contributed by atoms with Gasteiger partial charge in [0.25, 0.3) is 0 Å². The summed E-state index contributed by atoms with van der Waals surface area (Å²) in [5, 5.41) is 0. The van der Waals surface area contributed by atoms with Gasteiger partial charge in [0.2, 0.25) is 0 Å². The highest BCUT2D eigenvalue weighted by Crippen LogP contribution is 2.18. The highest BCUT2D eigenvalue weighted by Gasteiger charge is 2.05. The van der Waals surface area contributed by atoms with E-state index in [4.69, 9.17) is 5.84 Å². The van der Waals surface area contributed by atoms with E-state index in [0.717, 1.165) is 5.65 Å². The minimum atomic E-state index is 0.494. The zero-order chi connectivity index (χ0) is 9.97. The van der Waals surface area contributed by atoms with E-state index in [9.17, 15) is 0 Å². The predicted octanol–water partition coefficient (Wildman–Crippen LogP) is -0.514. The van der Waals surface area contributed by atoms with Gasteiger partial charge in [-0.3, -0.25) is 0 Å². The van der Waals surface area contributed by atoms with E-state index in [-0.39, 0.29) is 0 Å². The summed E-state index contributed by atoms with van der Waals surface area (Å²) in [6.07, 6.45) is 4.44. The first kappa shape index (κ1) is 8.57. The average molecular weight is 191 g/mol. The number of aromatic nitrogens is 4. The molecule has 3 N–H and O–H groups in total. The Bertz CT molecular complexity index is 472. The lowest BCUT2D eigenvalue weighted by Crippen LogP contribution is -2.18. The minimum absolute atomic E-state index is 0.494. The number of rotatable bonds is 2. The van der Waals surface area contributed by atoms with E-state index in [1.807, 2.05) is 7.05 Å². The normalized spacial score (nSPS) is 11.3. The lowest BCUT2D eigenvalue weighted by molar-refractivity contribution is 0.928. The molecule has 0 amide bonds. The van der Waals surface area contributed by atoms with Crippen LogP contribution in [-0.4, -0.2) is 25.9 Å². The third-order valence-electron chi connectivity index (χ3n) is 1.74. The van der Waals surface area contributed by atoms with E-state index >= 15 is 0 Å². The van der Waals surface area contributed by atoms with Crippen molar-refractivity contribution in [2.75, 3.05) is 0 Å². The Labute approximate surface area is 79.7 Å². The molecule has 2 heterocycles. The molecule has 7 heteroatoms. The van der Waals surface area contributed by atoms with Crippen molar-refractivity contribution in [1.82, 2.24) is 24.9 Å². The topological polar surface area (TPSA) is 94.0 Å². The maximum atomic E-state index is 5.06. The van der Waals surface area contributed by atoms with E-state index < -0.39 is 0 Å². The number of fused-ring (bicyclic) bond motifs is 1. The third-order valence-corrected chi connectivity index (χ3v) is 1.74. The van der Waals surface area contributed by atoms with Crippen molar-refractivity contribution >= 4 is 23.3 Å². The Morgan fingerprint density at radius 3 is 3.14 bits per heavy atom. The molecule has 14 heavy (non-hydrogen) atoms. The van der Waals surface area contributed by atoms with Crippen LogP contribution in [0.4, 0.5) is 5.82 Å². The number of hydrogen-bond acceptors (Lipinski definition) is 5. The average Bonchev–Trinajstić information content (AvgIpc) is 2.58. The lowest BCUT2D eigenvalue weighted by atomic mass is 10.5. The molecule has 0 aromatic carbocycles. The fraction of sp³-hybridized carbons (Fsp3) is 0.143. The van der Waals surface area contributed by atoms with Crippen LogP contribution in [-0.2, 0) is 7.05 Å². The second-order valence-electron chi connectivity index (χ2n) is 2.65. The zero-order valence-corrected chi connectivity index (χ0v) is 7.55. The SMILES string of the molecule is Cn1cnc2c(/N=C\NN)ncnc21. The standard InChI is InChI=1S/C7H9N7/c1-14-4-12-5-6(10-3-13-8)9-2-11-7(5)14/h2-4H,8H2,1H3,(H,9,10,11,13).